The lowest BCUT2D eigenvalue weighted by Gasteiger charge is -2.26. The smallest absolute Gasteiger partial charge is 0.225 e. The molecule has 0 bridgehead atoms. The van der Waals surface area contributed by atoms with E-state index in [1.54, 1.807) is 42.8 Å². The molecule has 8 heteroatoms. The van der Waals surface area contributed by atoms with Crippen LogP contribution in [-0.4, -0.2) is 28.0 Å². The molecule has 3 aromatic rings. The number of benzene rings is 2. The monoisotopic (exact) mass is 457 g/mol. The van der Waals surface area contributed by atoms with Crippen molar-refractivity contribution < 1.29 is 22.7 Å². The average Bonchev–Trinajstić information content (AvgIpc) is 3.18. The minimum absolute atomic E-state index is 0.121. The van der Waals surface area contributed by atoms with Crippen LogP contribution in [0.3, 0.4) is 0 Å². The van der Waals surface area contributed by atoms with Gasteiger partial charge in [-0.2, -0.15) is 0 Å². The minimum Gasteiger partial charge on any atom is -0.493 e. The second-order valence-corrected chi connectivity index (χ2v) is 10.1. The summed E-state index contributed by atoms with van der Waals surface area (Å²) < 4.78 is 37.9. The zero-order valence-electron chi connectivity index (χ0n) is 17.5. The molecular weight excluding hydrogens is 434 g/mol. The van der Waals surface area contributed by atoms with Gasteiger partial charge in [0.25, 0.3) is 0 Å². The Morgan fingerprint density at radius 3 is 2.58 bits per heavy atom. The normalized spacial score (nSPS) is 15.8. The average molecular weight is 458 g/mol. The van der Waals surface area contributed by atoms with Crippen molar-refractivity contribution in [1.82, 2.24) is 0 Å². The van der Waals surface area contributed by atoms with Crippen LogP contribution in [0, 0.1) is 6.92 Å². The van der Waals surface area contributed by atoms with Crippen LogP contribution >= 0.6 is 11.3 Å². The fourth-order valence-electron chi connectivity index (χ4n) is 3.76. The first-order valence-electron chi connectivity index (χ1n) is 9.89. The van der Waals surface area contributed by atoms with Gasteiger partial charge < -0.3 is 14.8 Å². The van der Waals surface area contributed by atoms with Crippen molar-refractivity contribution in [2.24, 2.45) is 0 Å². The number of nitrogens with one attached hydrogen (secondary N) is 1. The Morgan fingerprint density at radius 1 is 1.16 bits per heavy atom. The van der Waals surface area contributed by atoms with Crippen LogP contribution in [-0.2, 0) is 14.6 Å². The lowest BCUT2D eigenvalue weighted by molar-refractivity contribution is -0.116. The predicted octanol–water partition coefficient (Wildman–Crippen LogP) is 4.77. The number of rotatable bonds is 6. The number of sulfone groups is 1. The zero-order chi connectivity index (χ0) is 22.2. The summed E-state index contributed by atoms with van der Waals surface area (Å²) >= 11 is 1.33. The molecule has 0 aliphatic carbocycles. The van der Waals surface area contributed by atoms with Gasteiger partial charge in [-0.3, -0.25) is 4.79 Å². The molecule has 31 heavy (non-hydrogen) atoms. The van der Waals surface area contributed by atoms with Gasteiger partial charge in [-0.25, -0.2) is 8.42 Å². The summed E-state index contributed by atoms with van der Waals surface area (Å²) in [5.41, 5.74) is 2.14. The fraction of sp³-hybridized carbons (Fsp3) is 0.261. The second kappa shape index (κ2) is 8.36. The lowest BCUT2D eigenvalue weighted by Crippen LogP contribution is -2.24. The number of amides is 1. The maximum Gasteiger partial charge on any atom is 0.225 e. The summed E-state index contributed by atoms with van der Waals surface area (Å²) in [6.07, 6.45) is 0.199. The van der Waals surface area contributed by atoms with E-state index < -0.39 is 9.84 Å². The summed E-state index contributed by atoms with van der Waals surface area (Å²) in [5.74, 6) is 0.597. The number of para-hydroxylation sites is 1. The number of methoxy groups -OCH3 is 1. The highest BCUT2D eigenvalue weighted by Gasteiger charge is 2.36. The molecule has 1 aliphatic heterocycles. The first-order valence-corrected chi connectivity index (χ1v) is 12.3. The van der Waals surface area contributed by atoms with Gasteiger partial charge in [-0.05, 0) is 32.0 Å². The van der Waals surface area contributed by atoms with Gasteiger partial charge in [0, 0.05) is 28.2 Å². The topological polar surface area (TPSA) is 81.7 Å². The van der Waals surface area contributed by atoms with Gasteiger partial charge in [0.15, 0.2) is 11.5 Å². The van der Waals surface area contributed by atoms with Crippen molar-refractivity contribution in [2.45, 2.75) is 36.0 Å². The van der Waals surface area contributed by atoms with Crippen LogP contribution < -0.4 is 14.8 Å². The molecule has 1 aliphatic rings. The Bertz CT molecular complexity index is 1230. The number of carbonyl (C=O) groups is 1. The maximum atomic E-state index is 13.3. The molecular formula is C23H23NO5S2. The van der Waals surface area contributed by atoms with Crippen LogP contribution in [0.2, 0.25) is 0 Å². The zero-order valence-corrected chi connectivity index (χ0v) is 19.1. The third-order valence-electron chi connectivity index (χ3n) is 5.27. The van der Waals surface area contributed by atoms with Gasteiger partial charge >= 0.3 is 0 Å². The SMILES string of the molecule is CCOc1c(OC)cccc1[C@H]1CC(=O)Nc2c(S(=O)(=O)c3ccc(C)cc3)csc21. The Morgan fingerprint density at radius 2 is 1.90 bits per heavy atom. The molecule has 1 atom stereocenters. The van der Waals surface area contributed by atoms with Crippen LogP contribution in [0.1, 0.15) is 35.3 Å². The van der Waals surface area contributed by atoms with E-state index >= 15 is 0 Å². The highest BCUT2D eigenvalue weighted by Crippen LogP contribution is 2.49. The number of hydrogen-bond acceptors (Lipinski definition) is 6. The van der Waals surface area contributed by atoms with E-state index in [2.05, 4.69) is 5.32 Å². The van der Waals surface area contributed by atoms with E-state index in [0.717, 1.165) is 16.0 Å². The van der Waals surface area contributed by atoms with E-state index in [9.17, 15) is 13.2 Å². The molecule has 0 radical (unpaired) electrons. The first kappa shape index (κ1) is 21.4. The van der Waals surface area contributed by atoms with E-state index in [-0.39, 0.29) is 28.0 Å². The number of ether oxygens (including phenoxy) is 2. The lowest BCUT2D eigenvalue weighted by atomic mass is 9.89. The summed E-state index contributed by atoms with van der Waals surface area (Å²) in [6.45, 7) is 4.22. The Hall–Kier alpha value is -2.84. The van der Waals surface area contributed by atoms with E-state index in [1.165, 1.54) is 11.3 Å². The van der Waals surface area contributed by atoms with Gasteiger partial charge in [-0.1, -0.05) is 29.8 Å². The molecule has 0 fully saturated rings. The standard InChI is InChI=1S/C23H23NO5S2/c1-4-29-22-16(6-5-7-18(22)28-3)17-12-20(25)24-21-19(13-30-23(17)21)31(26,27)15-10-8-14(2)9-11-15/h5-11,13,17H,4,12H2,1-3H3,(H,24,25)/t17-/m1/s1. The molecule has 0 spiro atoms. The van der Waals surface area contributed by atoms with Crippen molar-refractivity contribution in [3.63, 3.8) is 0 Å². The van der Waals surface area contributed by atoms with Crippen LogP contribution in [0.15, 0.2) is 57.6 Å². The molecule has 6 nitrogen and oxygen atoms in total. The molecule has 4 rings (SSSR count). The van der Waals surface area contributed by atoms with Crippen molar-refractivity contribution in [2.75, 3.05) is 19.0 Å². The van der Waals surface area contributed by atoms with Gasteiger partial charge in [-0.15, -0.1) is 11.3 Å². The summed E-state index contributed by atoms with van der Waals surface area (Å²) in [5, 5.41) is 4.41. The Labute approximate surface area is 185 Å². The molecule has 0 saturated heterocycles. The number of thiophene rings is 1. The van der Waals surface area contributed by atoms with Crippen LogP contribution in [0.5, 0.6) is 11.5 Å². The molecule has 0 saturated carbocycles. The number of fused-ring (bicyclic) bond motifs is 1. The molecule has 0 unspecified atom stereocenters. The number of hydrogen-bond donors (Lipinski definition) is 1. The van der Waals surface area contributed by atoms with Crippen LogP contribution in [0.25, 0.3) is 0 Å². The second-order valence-electron chi connectivity index (χ2n) is 7.27. The fourth-order valence-corrected chi connectivity index (χ4v) is 6.66. The van der Waals surface area contributed by atoms with Gasteiger partial charge in [0.2, 0.25) is 15.7 Å². The van der Waals surface area contributed by atoms with Crippen molar-refractivity contribution in [3.8, 4) is 11.5 Å². The van der Waals surface area contributed by atoms with E-state index in [4.69, 9.17) is 9.47 Å². The van der Waals surface area contributed by atoms with E-state index in [0.29, 0.717) is 23.8 Å². The minimum atomic E-state index is -3.78. The van der Waals surface area contributed by atoms with Gasteiger partial charge in [0.1, 0.15) is 4.90 Å². The summed E-state index contributed by atoms with van der Waals surface area (Å²) in [7, 11) is -2.21. The third-order valence-corrected chi connectivity index (χ3v) is 8.31. The van der Waals surface area contributed by atoms with E-state index in [1.807, 2.05) is 26.0 Å². The van der Waals surface area contributed by atoms with Crippen molar-refractivity contribution in [1.29, 1.82) is 0 Å². The number of aryl methyl sites for hydroxylation is 1. The molecule has 1 aromatic heterocycles. The highest BCUT2D eigenvalue weighted by atomic mass is 32.2. The third kappa shape index (κ3) is 3.81. The molecule has 162 valence electrons. The van der Waals surface area contributed by atoms with Crippen molar-refractivity contribution in [3.05, 3.63) is 63.8 Å². The largest absolute Gasteiger partial charge is 0.493 e. The molecule has 2 aromatic carbocycles. The maximum absolute atomic E-state index is 13.3. The number of anilines is 1. The Kier molecular flexibility index (Phi) is 5.77. The quantitative estimate of drug-likeness (QED) is 0.577. The van der Waals surface area contributed by atoms with Crippen molar-refractivity contribution >= 4 is 32.8 Å². The summed E-state index contributed by atoms with van der Waals surface area (Å²) in [4.78, 5) is 13.7. The van der Waals surface area contributed by atoms with Crippen LogP contribution in [0.4, 0.5) is 5.69 Å². The number of carbonyl (C=O) groups excluding carboxylic acids is 1. The molecule has 2 heterocycles. The first-order chi connectivity index (χ1) is 14.9. The Balaban J connectivity index is 1.85. The highest BCUT2D eigenvalue weighted by molar-refractivity contribution is 7.91. The summed E-state index contributed by atoms with van der Waals surface area (Å²) in [6, 6.07) is 12.3. The van der Waals surface area contributed by atoms with Gasteiger partial charge in [0.05, 0.1) is 24.3 Å². The molecule has 1 amide bonds. The predicted molar refractivity (Wildman–Crippen MR) is 120 cm³/mol. The molecule has 1 N–H and O–H groups in total.